The van der Waals surface area contributed by atoms with Crippen LogP contribution in [0.1, 0.15) is 15.2 Å². The molecule has 6 nitrogen and oxygen atoms in total. The van der Waals surface area contributed by atoms with Crippen molar-refractivity contribution in [1.29, 1.82) is 0 Å². The molecule has 1 aromatic carbocycles. The number of aromatic hydroxyl groups is 1. The van der Waals surface area contributed by atoms with E-state index in [1.54, 1.807) is 0 Å². The summed E-state index contributed by atoms with van der Waals surface area (Å²) in [6.07, 6.45) is 3.56. The summed E-state index contributed by atoms with van der Waals surface area (Å²) in [7, 11) is -3.54. The number of halogens is 2. The minimum absolute atomic E-state index is 0.0329. The van der Waals surface area contributed by atoms with Gasteiger partial charge in [-0.3, -0.25) is 4.79 Å². The van der Waals surface area contributed by atoms with Gasteiger partial charge in [-0.2, -0.15) is 9.19 Å². The van der Waals surface area contributed by atoms with Gasteiger partial charge in [0.05, 0.1) is 29.1 Å². The molecule has 0 aliphatic heterocycles. The Kier molecular flexibility index (Phi) is 4.17. The number of phenols is 1. The number of phenolic OH excluding ortho intramolecular Hbond substituents is 1. The first-order valence-electron chi connectivity index (χ1n) is 6.75. The maximum absolute atomic E-state index is 13.9. The summed E-state index contributed by atoms with van der Waals surface area (Å²) in [6, 6.07) is 4.50. The van der Waals surface area contributed by atoms with E-state index in [1.807, 2.05) is 0 Å². The lowest BCUT2D eigenvalue weighted by molar-refractivity contribution is 0.103. The number of carbonyl (C=O) groups excluding carboxylic acids is 1. The van der Waals surface area contributed by atoms with Gasteiger partial charge in [0, 0.05) is 10.4 Å². The largest absolute Gasteiger partial charge is 0.505 e. The number of hydrogen-bond acceptors (Lipinski definition) is 6. The molecule has 0 unspecified atom stereocenters. The van der Waals surface area contributed by atoms with Crippen LogP contribution in [-0.2, 0) is 10.0 Å². The smallest absolute Gasteiger partial charge is 0.250 e. The van der Waals surface area contributed by atoms with Gasteiger partial charge >= 0.3 is 0 Å². The number of nitrogens with zero attached hydrogens (tertiary/aromatic N) is 2. The van der Waals surface area contributed by atoms with Crippen molar-refractivity contribution in [3.8, 4) is 16.2 Å². The molecule has 0 saturated heterocycles. The highest BCUT2D eigenvalue weighted by atomic mass is 32.2. The van der Waals surface area contributed by atoms with Crippen LogP contribution in [0.3, 0.4) is 0 Å². The molecule has 0 radical (unpaired) electrons. The van der Waals surface area contributed by atoms with Crippen LogP contribution in [0, 0.1) is 11.6 Å². The number of aromatic nitrogens is 2. The molecule has 2 heterocycles. The van der Waals surface area contributed by atoms with Gasteiger partial charge in [-0.1, -0.05) is 0 Å². The normalized spacial score (nSPS) is 11.6. The van der Waals surface area contributed by atoms with E-state index in [9.17, 15) is 27.1 Å². The van der Waals surface area contributed by atoms with Crippen molar-refractivity contribution in [3.63, 3.8) is 0 Å². The van der Waals surface area contributed by atoms with Gasteiger partial charge in [0.15, 0.2) is 11.6 Å². The van der Waals surface area contributed by atoms with Gasteiger partial charge in [0.1, 0.15) is 5.82 Å². The lowest BCUT2D eigenvalue weighted by Crippen LogP contribution is -2.09. The molecule has 0 fully saturated rings. The number of benzene rings is 1. The average molecular weight is 384 g/mol. The van der Waals surface area contributed by atoms with E-state index >= 15 is 0 Å². The van der Waals surface area contributed by atoms with Crippen LogP contribution in [0.2, 0.25) is 0 Å². The molecule has 1 N–H and O–H groups in total. The van der Waals surface area contributed by atoms with Gasteiger partial charge in [0.2, 0.25) is 5.78 Å². The van der Waals surface area contributed by atoms with Crippen LogP contribution >= 0.6 is 11.3 Å². The predicted molar refractivity (Wildman–Crippen MR) is 87.2 cm³/mol. The van der Waals surface area contributed by atoms with Gasteiger partial charge < -0.3 is 5.11 Å². The Bertz CT molecular complexity index is 1090. The van der Waals surface area contributed by atoms with E-state index in [1.165, 1.54) is 24.5 Å². The second-order valence-electron chi connectivity index (χ2n) is 5.11. The Morgan fingerprint density at radius 3 is 2.60 bits per heavy atom. The number of carbonyl (C=O) groups is 1. The van der Waals surface area contributed by atoms with Crippen molar-refractivity contribution < 1.29 is 27.1 Å². The average Bonchev–Trinajstić information content (AvgIpc) is 3.19. The molecule has 2 aromatic heterocycles. The van der Waals surface area contributed by atoms with Crippen molar-refractivity contribution in [1.82, 2.24) is 9.19 Å². The van der Waals surface area contributed by atoms with Crippen LogP contribution < -0.4 is 0 Å². The highest BCUT2D eigenvalue weighted by Crippen LogP contribution is 2.31. The number of rotatable bonds is 4. The van der Waals surface area contributed by atoms with E-state index in [4.69, 9.17) is 0 Å². The highest BCUT2D eigenvalue weighted by Gasteiger charge is 2.23. The van der Waals surface area contributed by atoms with Crippen LogP contribution in [0.15, 0.2) is 36.7 Å². The summed E-state index contributed by atoms with van der Waals surface area (Å²) >= 11 is 0.923. The summed E-state index contributed by atoms with van der Waals surface area (Å²) in [4.78, 5) is 12.9. The topological polar surface area (TPSA) is 89.3 Å². The zero-order valence-electron chi connectivity index (χ0n) is 12.6. The maximum Gasteiger partial charge on any atom is 0.250 e. The van der Waals surface area contributed by atoms with E-state index in [2.05, 4.69) is 5.10 Å². The van der Waals surface area contributed by atoms with Crippen LogP contribution in [0.4, 0.5) is 8.78 Å². The van der Waals surface area contributed by atoms with E-state index in [0.717, 1.165) is 33.8 Å². The van der Waals surface area contributed by atoms with Crippen molar-refractivity contribution in [2.75, 3.05) is 6.26 Å². The number of hydrogen-bond donors (Lipinski definition) is 1. The Morgan fingerprint density at radius 2 is 1.96 bits per heavy atom. The maximum atomic E-state index is 13.9. The monoisotopic (exact) mass is 384 g/mol. The van der Waals surface area contributed by atoms with Crippen LogP contribution in [0.25, 0.3) is 10.4 Å². The van der Waals surface area contributed by atoms with Gasteiger partial charge in [-0.05, 0) is 24.3 Å². The summed E-state index contributed by atoms with van der Waals surface area (Å²) in [6.45, 7) is 0. The van der Waals surface area contributed by atoms with Crippen molar-refractivity contribution in [2.24, 2.45) is 0 Å². The van der Waals surface area contributed by atoms with Crippen LogP contribution in [0.5, 0.6) is 5.75 Å². The van der Waals surface area contributed by atoms with Crippen molar-refractivity contribution in [3.05, 3.63) is 58.7 Å². The third-order valence-corrected chi connectivity index (χ3v) is 5.32. The van der Waals surface area contributed by atoms with Crippen molar-refractivity contribution in [2.45, 2.75) is 0 Å². The van der Waals surface area contributed by atoms with Crippen molar-refractivity contribution >= 4 is 27.1 Å². The SMILES string of the molecule is CS(=O)(=O)n1cc(-c2ccc(C(=O)c3c(F)ccc(O)c3F)s2)cn1. The summed E-state index contributed by atoms with van der Waals surface area (Å²) in [5, 5.41) is 13.0. The molecule has 10 heteroatoms. The standard InChI is InChI=1S/C15H10F2N2O4S2/c1-25(22,23)19-7-8(6-18-19)11-4-5-12(24-11)15(21)13-9(16)2-3-10(20)14(13)17/h2-7,20H,1H3. The summed E-state index contributed by atoms with van der Waals surface area (Å²) in [5.74, 6) is -4.15. The van der Waals surface area contributed by atoms with E-state index in [-0.39, 0.29) is 4.88 Å². The zero-order chi connectivity index (χ0) is 18.4. The van der Waals surface area contributed by atoms with Crippen LogP contribution in [-0.4, -0.2) is 34.7 Å². The van der Waals surface area contributed by atoms with E-state index in [0.29, 0.717) is 10.4 Å². The van der Waals surface area contributed by atoms with Gasteiger partial charge in [0.25, 0.3) is 10.0 Å². The molecule has 0 aliphatic carbocycles. The molecule has 0 aliphatic rings. The molecule has 3 rings (SSSR count). The molecule has 25 heavy (non-hydrogen) atoms. The lowest BCUT2D eigenvalue weighted by atomic mass is 10.1. The third-order valence-electron chi connectivity index (χ3n) is 3.31. The number of thiophene rings is 1. The molecule has 3 aromatic rings. The Morgan fingerprint density at radius 1 is 1.24 bits per heavy atom. The molecular weight excluding hydrogens is 374 g/mol. The van der Waals surface area contributed by atoms with E-state index < -0.39 is 38.8 Å². The minimum Gasteiger partial charge on any atom is -0.505 e. The quantitative estimate of drug-likeness (QED) is 0.699. The molecule has 0 bridgehead atoms. The fraction of sp³-hybridized carbons (Fsp3) is 0.0667. The second-order valence-corrected chi connectivity index (χ2v) is 8.04. The molecule has 0 saturated carbocycles. The first kappa shape index (κ1) is 17.2. The second kappa shape index (κ2) is 6.05. The molecule has 130 valence electrons. The predicted octanol–water partition coefficient (Wildman–Crippen LogP) is 2.63. The zero-order valence-corrected chi connectivity index (χ0v) is 14.2. The Labute approximate surface area is 145 Å². The lowest BCUT2D eigenvalue weighted by Gasteiger charge is -2.04. The number of ketones is 1. The molecule has 0 amide bonds. The first-order chi connectivity index (χ1) is 11.7. The first-order valence-corrected chi connectivity index (χ1v) is 9.42. The third kappa shape index (κ3) is 3.17. The Hall–Kier alpha value is -2.59. The fourth-order valence-electron chi connectivity index (χ4n) is 2.10. The highest BCUT2D eigenvalue weighted by molar-refractivity contribution is 7.89. The van der Waals surface area contributed by atoms with Gasteiger partial charge in [-0.25, -0.2) is 17.2 Å². The minimum atomic E-state index is -3.54. The van der Waals surface area contributed by atoms with Gasteiger partial charge in [-0.15, -0.1) is 11.3 Å². The molecular formula is C15H10F2N2O4S2. The fourth-order valence-corrected chi connectivity index (χ4v) is 3.55. The summed E-state index contributed by atoms with van der Waals surface area (Å²) in [5.41, 5.74) is -0.411. The molecule has 0 spiro atoms. The molecule has 0 atom stereocenters. The Balaban J connectivity index is 1.98. The summed E-state index contributed by atoms with van der Waals surface area (Å²) < 4.78 is 51.3.